The second-order valence-electron chi connectivity index (χ2n) is 7.38. The van der Waals surface area contributed by atoms with Crippen molar-refractivity contribution in [1.82, 2.24) is 19.6 Å². The number of rotatable bonds is 5. The second-order valence-corrected chi connectivity index (χ2v) is 7.38. The van der Waals surface area contributed by atoms with Gasteiger partial charge in [-0.05, 0) is 50.1 Å². The summed E-state index contributed by atoms with van der Waals surface area (Å²) < 4.78 is 13.9. The molecule has 0 N–H and O–H groups in total. The van der Waals surface area contributed by atoms with E-state index < -0.39 is 0 Å². The lowest BCUT2D eigenvalue weighted by Crippen LogP contribution is -2.26. The highest BCUT2D eigenvalue weighted by atomic mass is 16.5. The molecular weight excluding hydrogens is 380 g/mol. The zero-order valence-electron chi connectivity index (χ0n) is 17.8. The summed E-state index contributed by atoms with van der Waals surface area (Å²) in [6, 6.07) is 11.6. The quantitative estimate of drug-likeness (QED) is 0.509. The molecule has 0 aliphatic rings. The van der Waals surface area contributed by atoms with Gasteiger partial charge in [0.25, 0.3) is 5.56 Å². The van der Waals surface area contributed by atoms with Crippen LogP contribution in [0.15, 0.2) is 47.4 Å². The van der Waals surface area contributed by atoms with E-state index in [9.17, 15) is 4.79 Å². The summed E-state index contributed by atoms with van der Waals surface area (Å²) in [7, 11) is 3.20. The van der Waals surface area contributed by atoms with Gasteiger partial charge in [0.05, 0.1) is 38.3 Å². The Morgan fingerprint density at radius 2 is 1.67 bits per heavy atom. The number of ether oxygens (including phenoxy) is 2. The topological polar surface area (TPSA) is 71.2 Å². The van der Waals surface area contributed by atoms with Crippen molar-refractivity contribution in [2.75, 3.05) is 14.2 Å². The van der Waals surface area contributed by atoms with E-state index in [0.29, 0.717) is 23.6 Å². The molecule has 0 saturated heterocycles. The van der Waals surface area contributed by atoms with E-state index in [1.165, 1.54) is 4.68 Å². The number of fused-ring (bicyclic) bond motifs is 1. The molecule has 4 aromatic rings. The largest absolute Gasteiger partial charge is 0.497 e. The monoisotopic (exact) mass is 404 g/mol. The fourth-order valence-corrected chi connectivity index (χ4v) is 3.69. The Kier molecular flexibility index (Phi) is 5.03. The number of aromatic nitrogens is 4. The molecule has 0 aliphatic heterocycles. The maximum atomic E-state index is 13.4. The van der Waals surface area contributed by atoms with Crippen molar-refractivity contribution < 1.29 is 9.47 Å². The van der Waals surface area contributed by atoms with Gasteiger partial charge in [0.1, 0.15) is 17.0 Å². The standard InChI is InChI=1S/C23H24N4O3/c1-14-6-7-21(15(2)8-14)27-22-20(12-24-27)16(3)25-26(23(22)28)13-17-9-18(29-4)11-19(10-17)30-5/h6-12H,13H2,1-5H3. The molecule has 0 bridgehead atoms. The van der Waals surface area contributed by atoms with Crippen LogP contribution in [0.4, 0.5) is 0 Å². The molecule has 2 heterocycles. The van der Waals surface area contributed by atoms with Gasteiger partial charge >= 0.3 is 0 Å². The zero-order chi connectivity index (χ0) is 21.4. The van der Waals surface area contributed by atoms with E-state index in [4.69, 9.17) is 9.47 Å². The van der Waals surface area contributed by atoms with Crippen LogP contribution in [-0.2, 0) is 6.54 Å². The Morgan fingerprint density at radius 1 is 0.967 bits per heavy atom. The van der Waals surface area contributed by atoms with E-state index in [1.54, 1.807) is 31.2 Å². The molecule has 0 spiro atoms. The summed E-state index contributed by atoms with van der Waals surface area (Å²) >= 11 is 0. The summed E-state index contributed by atoms with van der Waals surface area (Å²) in [5.74, 6) is 1.33. The molecule has 0 saturated carbocycles. The van der Waals surface area contributed by atoms with Gasteiger partial charge in [-0.15, -0.1) is 0 Å². The Bertz CT molecular complexity index is 1280. The van der Waals surface area contributed by atoms with Crippen LogP contribution in [-0.4, -0.2) is 33.8 Å². The van der Waals surface area contributed by atoms with Crippen molar-refractivity contribution in [3.63, 3.8) is 0 Å². The first-order chi connectivity index (χ1) is 14.4. The van der Waals surface area contributed by atoms with Crippen LogP contribution < -0.4 is 15.0 Å². The van der Waals surface area contributed by atoms with Crippen molar-refractivity contribution in [3.8, 4) is 17.2 Å². The van der Waals surface area contributed by atoms with Crippen molar-refractivity contribution in [2.45, 2.75) is 27.3 Å². The molecule has 7 nitrogen and oxygen atoms in total. The molecule has 154 valence electrons. The average Bonchev–Trinajstić information content (AvgIpc) is 3.17. The Hall–Kier alpha value is -3.61. The molecule has 0 aliphatic carbocycles. The first-order valence-electron chi connectivity index (χ1n) is 9.66. The van der Waals surface area contributed by atoms with E-state index in [2.05, 4.69) is 16.3 Å². The lowest BCUT2D eigenvalue weighted by molar-refractivity contribution is 0.393. The van der Waals surface area contributed by atoms with Gasteiger partial charge in [-0.25, -0.2) is 9.36 Å². The summed E-state index contributed by atoms with van der Waals surface area (Å²) in [6.45, 7) is 6.24. The predicted octanol–water partition coefficient (Wildman–Crippen LogP) is 3.57. The summed E-state index contributed by atoms with van der Waals surface area (Å²) in [5.41, 5.74) is 5.02. The van der Waals surface area contributed by atoms with E-state index >= 15 is 0 Å². The minimum absolute atomic E-state index is 0.199. The molecule has 0 amide bonds. The molecular formula is C23H24N4O3. The highest BCUT2D eigenvalue weighted by Crippen LogP contribution is 2.24. The van der Waals surface area contributed by atoms with Gasteiger partial charge in [0, 0.05) is 11.5 Å². The van der Waals surface area contributed by atoms with Crippen LogP contribution in [0.3, 0.4) is 0 Å². The number of benzene rings is 2. The van der Waals surface area contributed by atoms with Crippen LogP contribution in [0, 0.1) is 20.8 Å². The van der Waals surface area contributed by atoms with E-state index in [-0.39, 0.29) is 5.56 Å². The van der Waals surface area contributed by atoms with Crippen molar-refractivity contribution in [2.24, 2.45) is 0 Å². The molecule has 2 aromatic heterocycles. The van der Waals surface area contributed by atoms with E-state index in [1.807, 2.05) is 45.0 Å². The maximum absolute atomic E-state index is 13.4. The summed E-state index contributed by atoms with van der Waals surface area (Å²) in [6.07, 6.45) is 1.71. The maximum Gasteiger partial charge on any atom is 0.293 e. The Labute approximate surface area is 174 Å². The molecule has 0 radical (unpaired) electrons. The molecule has 4 rings (SSSR count). The average molecular weight is 404 g/mol. The smallest absolute Gasteiger partial charge is 0.293 e. The fourth-order valence-electron chi connectivity index (χ4n) is 3.69. The normalized spacial score (nSPS) is 11.1. The first-order valence-corrected chi connectivity index (χ1v) is 9.66. The lowest BCUT2D eigenvalue weighted by atomic mass is 10.1. The molecule has 2 aromatic carbocycles. The minimum Gasteiger partial charge on any atom is -0.497 e. The minimum atomic E-state index is -0.199. The number of hydrogen-bond acceptors (Lipinski definition) is 5. The van der Waals surface area contributed by atoms with Crippen molar-refractivity contribution >= 4 is 10.9 Å². The third-order valence-electron chi connectivity index (χ3n) is 5.19. The molecule has 7 heteroatoms. The highest BCUT2D eigenvalue weighted by molar-refractivity contribution is 5.81. The molecule has 30 heavy (non-hydrogen) atoms. The SMILES string of the molecule is COc1cc(Cn2nc(C)c3cnn(-c4ccc(C)cc4C)c3c2=O)cc(OC)c1. The van der Waals surface area contributed by atoms with Gasteiger partial charge in [0.15, 0.2) is 0 Å². The van der Waals surface area contributed by atoms with Gasteiger partial charge in [-0.3, -0.25) is 4.79 Å². The molecule has 0 fully saturated rings. The van der Waals surface area contributed by atoms with Gasteiger partial charge in [0.2, 0.25) is 0 Å². The molecule has 0 atom stereocenters. The highest BCUT2D eigenvalue weighted by Gasteiger charge is 2.16. The van der Waals surface area contributed by atoms with Crippen LogP contribution in [0.5, 0.6) is 11.5 Å². The first kappa shape index (κ1) is 19.7. The zero-order valence-corrected chi connectivity index (χ0v) is 17.8. The van der Waals surface area contributed by atoms with E-state index in [0.717, 1.165) is 33.5 Å². The Balaban J connectivity index is 1.87. The number of aryl methyl sites for hydroxylation is 3. The van der Waals surface area contributed by atoms with Gasteiger partial charge in [-0.2, -0.15) is 10.2 Å². The lowest BCUT2D eigenvalue weighted by Gasteiger charge is -2.12. The van der Waals surface area contributed by atoms with Crippen LogP contribution in [0.2, 0.25) is 0 Å². The number of methoxy groups -OCH3 is 2. The van der Waals surface area contributed by atoms with Crippen molar-refractivity contribution in [3.05, 3.63) is 75.3 Å². The van der Waals surface area contributed by atoms with Gasteiger partial charge < -0.3 is 9.47 Å². The third kappa shape index (κ3) is 3.43. The third-order valence-corrected chi connectivity index (χ3v) is 5.19. The second kappa shape index (κ2) is 7.67. The number of nitrogens with zero attached hydrogens (tertiary/aromatic N) is 4. The van der Waals surface area contributed by atoms with Gasteiger partial charge in [-0.1, -0.05) is 17.7 Å². The summed E-state index contributed by atoms with van der Waals surface area (Å²) in [5, 5.41) is 9.77. The number of hydrogen-bond donors (Lipinski definition) is 0. The fraction of sp³-hybridized carbons (Fsp3) is 0.261. The van der Waals surface area contributed by atoms with Crippen LogP contribution >= 0.6 is 0 Å². The molecule has 0 unspecified atom stereocenters. The van der Waals surface area contributed by atoms with Crippen LogP contribution in [0.1, 0.15) is 22.4 Å². The Morgan fingerprint density at radius 3 is 2.30 bits per heavy atom. The summed E-state index contributed by atoms with van der Waals surface area (Å²) in [4.78, 5) is 13.4. The van der Waals surface area contributed by atoms with Crippen molar-refractivity contribution in [1.29, 1.82) is 0 Å². The van der Waals surface area contributed by atoms with Crippen LogP contribution in [0.25, 0.3) is 16.6 Å². The predicted molar refractivity (Wildman–Crippen MR) is 116 cm³/mol.